The summed E-state index contributed by atoms with van der Waals surface area (Å²) in [4.78, 5) is 30.1. The van der Waals surface area contributed by atoms with E-state index in [2.05, 4.69) is 10.3 Å². The fourth-order valence-electron chi connectivity index (χ4n) is 3.35. The quantitative estimate of drug-likeness (QED) is 0.462. The first kappa shape index (κ1) is 21.3. The topological polar surface area (TPSA) is 131 Å². The Morgan fingerprint density at radius 3 is 2.66 bits per heavy atom. The molecule has 0 bridgehead atoms. The third-order valence-electron chi connectivity index (χ3n) is 4.91. The van der Waals surface area contributed by atoms with Crippen LogP contribution in [0.5, 0.6) is 11.6 Å². The Bertz CT molecular complexity index is 1420. The molecule has 3 aromatic rings. The molecule has 0 saturated carbocycles. The lowest BCUT2D eigenvalue weighted by Gasteiger charge is -2.12. The molecule has 0 aliphatic carbocycles. The summed E-state index contributed by atoms with van der Waals surface area (Å²) in [5, 5.41) is 12.1. The summed E-state index contributed by atoms with van der Waals surface area (Å²) in [6.07, 6.45) is 2.91. The molecular weight excluding hydrogens is 432 g/mol. The molecule has 1 aromatic carbocycles. The van der Waals surface area contributed by atoms with Gasteiger partial charge in [-0.3, -0.25) is 14.0 Å². The van der Waals surface area contributed by atoms with E-state index in [4.69, 9.17) is 4.74 Å². The van der Waals surface area contributed by atoms with Crippen LogP contribution in [0.3, 0.4) is 0 Å². The minimum atomic E-state index is -3.21. The monoisotopic (exact) mass is 450 g/mol. The van der Waals surface area contributed by atoms with E-state index in [-0.39, 0.29) is 34.9 Å². The third-order valence-corrected chi connectivity index (χ3v) is 6.68. The highest BCUT2D eigenvalue weighted by Gasteiger charge is 2.29. The fourth-order valence-corrected chi connectivity index (χ4v) is 5.02. The number of carbonyl (C=O) groups is 1. The van der Waals surface area contributed by atoms with Gasteiger partial charge in [-0.1, -0.05) is 24.3 Å². The van der Waals surface area contributed by atoms with Crippen LogP contribution in [-0.2, 0) is 14.6 Å². The average molecular weight is 450 g/mol. The lowest BCUT2D eigenvalue weighted by molar-refractivity contribution is -0.117. The molecule has 162 valence electrons. The van der Waals surface area contributed by atoms with Gasteiger partial charge in [0.05, 0.1) is 11.5 Å². The number of carbonyl (C=O) groups excluding carboxylic acids is 1. The van der Waals surface area contributed by atoms with E-state index in [0.717, 1.165) is 6.08 Å². The number of hydrogen-bond donors (Lipinski definition) is 1. The molecule has 1 aliphatic rings. The lowest BCUT2D eigenvalue weighted by Crippen LogP contribution is -2.36. The van der Waals surface area contributed by atoms with E-state index in [9.17, 15) is 23.3 Å². The Morgan fingerprint density at radius 2 is 1.97 bits per heavy atom. The van der Waals surface area contributed by atoms with Gasteiger partial charge in [-0.25, -0.2) is 8.42 Å². The van der Waals surface area contributed by atoms with Gasteiger partial charge in [-0.15, -0.1) is 0 Å². The molecule has 1 aliphatic heterocycles. The lowest BCUT2D eigenvalue weighted by atomic mass is 10.1. The van der Waals surface area contributed by atoms with Crippen molar-refractivity contribution in [1.29, 1.82) is 5.26 Å². The summed E-state index contributed by atoms with van der Waals surface area (Å²) in [5.41, 5.74) is -0.629. The van der Waals surface area contributed by atoms with Crippen LogP contribution in [-0.4, -0.2) is 41.3 Å². The predicted molar refractivity (Wildman–Crippen MR) is 117 cm³/mol. The van der Waals surface area contributed by atoms with Gasteiger partial charge < -0.3 is 10.1 Å². The van der Waals surface area contributed by atoms with Crippen LogP contribution in [0.2, 0.25) is 0 Å². The predicted octanol–water partition coefficient (Wildman–Crippen LogP) is 1.70. The molecular formula is C22H18N4O5S. The highest BCUT2D eigenvalue weighted by Crippen LogP contribution is 2.24. The van der Waals surface area contributed by atoms with Crippen molar-refractivity contribution in [2.45, 2.75) is 12.5 Å². The standard InChI is InChI=1S/C22H18N4O5S/c23-13-15(20(27)24-16-9-11-32(29,30)14-16)12-18-21(31-17-6-2-1-3-7-17)25-19-8-4-5-10-26(19)22(18)28/h1-8,10,12,16H,9,11,14H2,(H,24,27)/b15-12+/t16-/m0/s1. The Morgan fingerprint density at radius 1 is 1.22 bits per heavy atom. The number of nitrogens with one attached hydrogen (secondary N) is 1. The third kappa shape index (κ3) is 4.53. The molecule has 9 nitrogen and oxygen atoms in total. The molecule has 1 fully saturated rings. The molecule has 1 saturated heterocycles. The van der Waals surface area contributed by atoms with Gasteiger partial charge in [0.1, 0.15) is 28.6 Å². The number of hydrogen-bond acceptors (Lipinski definition) is 7. The Balaban J connectivity index is 1.75. The minimum absolute atomic E-state index is 0.0193. The molecule has 2 aromatic heterocycles. The maximum absolute atomic E-state index is 13.1. The summed E-state index contributed by atoms with van der Waals surface area (Å²) < 4.78 is 30.4. The maximum Gasteiger partial charge on any atom is 0.269 e. The Kier molecular flexibility index (Phi) is 5.75. The average Bonchev–Trinajstić information content (AvgIpc) is 3.12. The first-order chi connectivity index (χ1) is 15.4. The molecule has 32 heavy (non-hydrogen) atoms. The van der Waals surface area contributed by atoms with Crippen LogP contribution in [0.4, 0.5) is 0 Å². The first-order valence-electron chi connectivity index (χ1n) is 9.74. The van der Waals surface area contributed by atoms with E-state index >= 15 is 0 Å². The number of aromatic nitrogens is 2. The van der Waals surface area contributed by atoms with Crippen molar-refractivity contribution in [2.24, 2.45) is 0 Å². The van der Waals surface area contributed by atoms with Crippen LogP contribution in [0.1, 0.15) is 12.0 Å². The fraction of sp³-hybridized carbons (Fsp3) is 0.182. The van der Waals surface area contributed by atoms with Gasteiger partial charge in [0.25, 0.3) is 11.5 Å². The number of rotatable bonds is 5. The second-order valence-electron chi connectivity index (χ2n) is 7.22. The zero-order valence-electron chi connectivity index (χ0n) is 16.8. The van der Waals surface area contributed by atoms with E-state index in [0.29, 0.717) is 11.4 Å². The Labute approximate surface area is 183 Å². The number of pyridine rings is 1. The van der Waals surface area contributed by atoms with Crippen molar-refractivity contribution in [1.82, 2.24) is 14.7 Å². The van der Waals surface area contributed by atoms with Crippen molar-refractivity contribution in [2.75, 3.05) is 11.5 Å². The SMILES string of the molecule is N#C/C(=C\c1c(Oc2ccccc2)nc2ccccn2c1=O)C(=O)N[C@H]1CCS(=O)(=O)C1. The summed E-state index contributed by atoms with van der Waals surface area (Å²) in [6, 6.07) is 14.9. The molecule has 0 unspecified atom stereocenters. The summed E-state index contributed by atoms with van der Waals surface area (Å²) in [7, 11) is -3.21. The molecule has 1 amide bonds. The van der Waals surface area contributed by atoms with Crippen LogP contribution in [0.15, 0.2) is 65.1 Å². The molecule has 0 spiro atoms. The normalized spacial score (nSPS) is 17.6. The van der Waals surface area contributed by atoms with Crippen molar-refractivity contribution in [3.05, 3.63) is 76.2 Å². The van der Waals surface area contributed by atoms with Gasteiger partial charge >= 0.3 is 0 Å². The molecule has 4 rings (SSSR count). The smallest absolute Gasteiger partial charge is 0.269 e. The summed E-state index contributed by atoms with van der Waals surface area (Å²) in [5.74, 6) is -0.600. The van der Waals surface area contributed by atoms with Crippen molar-refractivity contribution in [3.8, 4) is 17.7 Å². The first-order valence-corrected chi connectivity index (χ1v) is 11.6. The maximum atomic E-state index is 13.1. The van der Waals surface area contributed by atoms with Crippen LogP contribution >= 0.6 is 0 Å². The number of nitriles is 1. The summed E-state index contributed by atoms with van der Waals surface area (Å²) in [6.45, 7) is 0. The second kappa shape index (κ2) is 8.64. The highest BCUT2D eigenvalue weighted by atomic mass is 32.2. The molecule has 1 atom stereocenters. The van der Waals surface area contributed by atoms with Gasteiger partial charge in [-0.2, -0.15) is 10.2 Å². The largest absolute Gasteiger partial charge is 0.438 e. The van der Waals surface area contributed by atoms with Gasteiger partial charge in [-0.05, 0) is 36.8 Å². The highest BCUT2D eigenvalue weighted by molar-refractivity contribution is 7.91. The molecule has 1 N–H and O–H groups in total. The number of amides is 1. The number of fused-ring (bicyclic) bond motifs is 1. The number of sulfone groups is 1. The number of benzene rings is 1. The second-order valence-corrected chi connectivity index (χ2v) is 9.45. The zero-order chi connectivity index (χ0) is 22.7. The zero-order valence-corrected chi connectivity index (χ0v) is 17.6. The van der Waals surface area contributed by atoms with E-state index < -0.39 is 27.3 Å². The molecule has 3 heterocycles. The van der Waals surface area contributed by atoms with E-state index in [1.807, 2.05) is 0 Å². The number of para-hydroxylation sites is 1. The van der Waals surface area contributed by atoms with Crippen LogP contribution in [0, 0.1) is 11.3 Å². The minimum Gasteiger partial charge on any atom is -0.438 e. The van der Waals surface area contributed by atoms with E-state index in [1.54, 1.807) is 54.6 Å². The number of ether oxygens (including phenoxy) is 1. The van der Waals surface area contributed by atoms with Crippen molar-refractivity contribution in [3.63, 3.8) is 0 Å². The van der Waals surface area contributed by atoms with Crippen LogP contribution < -0.4 is 15.6 Å². The van der Waals surface area contributed by atoms with Crippen molar-refractivity contribution < 1.29 is 17.9 Å². The van der Waals surface area contributed by atoms with Crippen molar-refractivity contribution >= 4 is 27.5 Å². The Hall–Kier alpha value is -3.97. The van der Waals surface area contributed by atoms with Gasteiger partial charge in [0.15, 0.2) is 9.84 Å². The number of nitrogens with zero attached hydrogens (tertiary/aromatic N) is 3. The van der Waals surface area contributed by atoms with Gasteiger partial charge in [0, 0.05) is 12.2 Å². The van der Waals surface area contributed by atoms with Crippen LogP contribution in [0.25, 0.3) is 11.7 Å². The van der Waals surface area contributed by atoms with E-state index in [1.165, 1.54) is 10.6 Å². The molecule has 10 heteroatoms. The van der Waals surface area contributed by atoms with Gasteiger partial charge in [0.2, 0.25) is 5.88 Å². The molecule has 0 radical (unpaired) electrons. The summed E-state index contributed by atoms with van der Waals surface area (Å²) >= 11 is 0.